The fraction of sp³-hybridized carbons (Fsp3) is 0.333. The molecule has 0 saturated carbocycles. The van der Waals surface area contributed by atoms with E-state index in [0.717, 1.165) is 0 Å². The Balaban J connectivity index is 3.58. The fourth-order valence-corrected chi connectivity index (χ4v) is 0.0830. The second-order valence-electron chi connectivity index (χ2n) is 1.00. The summed E-state index contributed by atoms with van der Waals surface area (Å²) in [4.78, 5) is 13.7. The van der Waals surface area contributed by atoms with Crippen molar-refractivity contribution < 1.29 is 9.63 Å². The van der Waals surface area contributed by atoms with Crippen LogP contribution in [-0.4, -0.2) is 11.7 Å². The molecule has 3 N–H and O–H groups in total. The molecule has 0 saturated heterocycles. The molecule has 0 aromatic heterocycles. The molecule has 0 aromatic carbocycles. The van der Waals surface area contributed by atoms with Gasteiger partial charge in [0.1, 0.15) is 0 Å². The maximum atomic E-state index is 9.95. The Morgan fingerprint density at radius 1 is 1.86 bits per heavy atom. The molecule has 0 bridgehead atoms. The molecule has 4 heteroatoms. The zero-order valence-electron chi connectivity index (χ0n) is 3.89. The van der Waals surface area contributed by atoms with Crippen molar-refractivity contribution in [3.05, 3.63) is 0 Å². The third kappa shape index (κ3) is 1.88. The van der Waals surface area contributed by atoms with Crippen molar-refractivity contribution in [1.29, 1.82) is 5.41 Å². The van der Waals surface area contributed by atoms with Crippen molar-refractivity contribution in [1.82, 2.24) is 0 Å². The average Bonchev–Trinajstić information content (AvgIpc) is 1.65. The monoisotopic (exact) mass is 102 g/mol. The Bertz CT molecular complexity index is 99.1. The van der Waals surface area contributed by atoms with Gasteiger partial charge in [0.2, 0.25) is 5.78 Å². The van der Waals surface area contributed by atoms with E-state index in [1.54, 1.807) is 0 Å². The number of hydrogen-bond acceptors (Lipinski definition) is 4. The Labute approximate surface area is 40.7 Å². The fourth-order valence-electron chi connectivity index (χ4n) is 0.0830. The average molecular weight is 102 g/mol. The number of hydrogen-bond donors (Lipinski definition) is 2. The van der Waals surface area contributed by atoms with Crippen LogP contribution in [0.4, 0.5) is 0 Å². The minimum atomic E-state index is -0.514. The van der Waals surface area contributed by atoms with Gasteiger partial charge in [-0.3, -0.25) is 10.2 Å². The van der Waals surface area contributed by atoms with Gasteiger partial charge in [0, 0.05) is 6.92 Å². The van der Waals surface area contributed by atoms with Crippen molar-refractivity contribution in [2.24, 2.45) is 5.90 Å². The topological polar surface area (TPSA) is 76.2 Å². The standard InChI is InChI=1S/C3H6N2O2/c1-2(6)3(4)7-5/h4H,5H2,1H3. The van der Waals surface area contributed by atoms with Crippen LogP contribution in [0.5, 0.6) is 0 Å². The summed E-state index contributed by atoms with van der Waals surface area (Å²) in [5, 5.41) is 6.50. The van der Waals surface area contributed by atoms with E-state index in [1.807, 2.05) is 0 Å². The lowest BCUT2D eigenvalue weighted by atomic mass is 10.5. The molecule has 0 aromatic rings. The highest BCUT2D eigenvalue weighted by atomic mass is 16.6. The predicted octanol–water partition coefficient (Wildman–Crippen LogP) is -0.557. The number of nitrogens with one attached hydrogen (secondary N) is 1. The van der Waals surface area contributed by atoms with Crippen LogP contribution in [0.25, 0.3) is 0 Å². The van der Waals surface area contributed by atoms with Crippen LogP contribution in [0.15, 0.2) is 0 Å². The Morgan fingerprint density at radius 2 is 2.29 bits per heavy atom. The number of carbonyl (C=O) groups excluding carboxylic acids is 1. The third-order valence-corrected chi connectivity index (χ3v) is 0.438. The van der Waals surface area contributed by atoms with E-state index in [9.17, 15) is 4.79 Å². The van der Waals surface area contributed by atoms with E-state index in [1.165, 1.54) is 6.92 Å². The molecular weight excluding hydrogens is 96.0 g/mol. The van der Waals surface area contributed by atoms with Crippen molar-refractivity contribution in [3.63, 3.8) is 0 Å². The van der Waals surface area contributed by atoms with E-state index < -0.39 is 11.7 Å². The molecule has 40 valence electrons. The van der Waals surface area contributed by atoms with Crippen molar-refractivity contribution >= 4 is 11.7 Å². The Kier molecular flexibility index (Phi) is 2.01. The van der Waals surface area contributed by atoms with Gasteiger partial charge in [0.25, 0.3) is 5.90 Å². The molecule has 0 aliphatic rings. The van der Waals surface area contributed by atoms with E-state index >= 15 is 0 Å². The van der Waals surface area contributed by atoms with E-state index in [0.29, 0.717) is 0 Å². The highest BCUT2D eigenvalue weighted by molar-refractivity contribution is 6.33. The quantitative estimate of drug-likeness (QED) is 0.265. The first-order valence-corrected chi connectivity index (χ1v) is 1.64. The molecule has 0 atom stereocenters. The van der Waals surface area contributed by atoms with Gasteiger partial charge in [-0.2, -0.15) is 5.90 Å². The number of ketones is 1. The van der Waals surface area contributed by atoms with Crippen molar-refractivity contribution in [3.8, 4) is 0 Å². The molecule has 4 nitrogen and oxygen atoms in total. The van der Waals surface area contributed by atoms with Crippen LogP contribution in [0.2, 0.25) is 0 Å². The summed E-state index contributed by atoms with van der Waals surface area (Å²) in [6.07, 6.45) is 0. The van der Waals surface area contributed by atoms with Crippen LogP contribution in [0.3, 0.4) is 0 Å². The molecule has 0 unspecified atom stereocenters. The van der Waals surface area contributed by atoms with Gasteiger partial charge in [-0.1, -0.05) is 0 Å². The Morgan fingerprint density at radius 3 is 2.29 bits per heavy atom. The summed E-state index contributed by atoms with van der Waals surface area (Å²) in [5.74, 6) is 3.44. The first-order chi connectivity index (χ1) is 3.18. The molecular formula is C3H6N2O2. The van der Waals surface area contributed by atoms with Gasteiger partial charge in [-0.15, -0.1) is 0 Å². The second kappa shape index (κ2) is 2.30. The minimum Gasteiger partial charge on any atom is -0.388 e. The number of Topliss-reactive ketones (excluding diaryl/α,β-unsaturated/α-hetero) is 1. The predicted molar refractivity (Wildman–Crippen MR) is 23.7 cm³/mol. The lowest BCUT2D eigenvalue weighted by Gasteiger charge is -1.89. The largest absolute Gasteiger partial charge is 0.388 e. The van der Waals surface area contributed by atoms with E-state index in [2.05, 4.69) is 10.7 Å². The molecule has 0 amide bonds. The normalized spacial score (nSPS) is 7.71. The summed E-state index contributed by atoms with van der Waals surface area (Å²) in [6.45, 7) is 1.20. The van der Waals surface area contributed by atoms with Gasteiger partial charge < -0.3 is 4.84 Å². The lowest BCUT2D eigenvalue weighted by Crippen LogP contribution is -2.16. The van der Waals surface area contributed by atoms with Crippen molar-refractivity contribution in [2.75, 3.05) is 0 Å². The molecule has 0 aliphatic carbocycles. The Hall–Kier alpha value is -0.900. The number of rotatable bonds is 1. The lowest BCUT2D eigenvalue weighted by molar-refractivity contribution is -0.112. The van der Waals surface area contributed by atoms with Crippen LogP contribution in [0.1, 0.15) is 6.92 Å². The van der Waals surface area contributed by atoms with Gasteiger partial charge >= 0.3 is 0 Å². The highest BCUT2D eigenvalue weighted by Crippen LogP contribution is 1.70. The molecule has 7 heavy (non-hydrogen) atoms. The van der Waals surface area contributed by atoms with Crippen LogP contribution in [-0.2, 0) is 9.63 Å². The molecule has 0 spiro atoms. The van der Waals surface area contributed by atoms with Gasteiger partial charge in [0.05, 0.1) is 0 Å². The molecule has 0 fully saturated rings. The zero-order chi connectivity index (χ0) is 5.86. The number of carbonyl (C=O) groups is 1. The summed E-state index contributed by atoms with van der Waals surface area (Å²) in [5.41, 5.74) is 0. The maximum absolute atomic E-state index is 9.95. The van der Waals surface area contributed by atoms with Gasteiger partial charge in [-0.25, -0.2) is 0 Å². The van der Waals surface area contributed by atoms with Crippen molar-refractivity contribution in [2.45, 2.75) is 6.92 Å². The third-order valence-electron chi connectivity index (χ3n) is 0.438. The van der Waals surface area contributed by atoms with Crippen LogP contribution < -0.4 is 5.90 Å². The first kappa shape index (κ1) is 6.10. The second-order valence-corrected chi connectivity index (χ2v) is 1.00. The van der Waals surface area contributed by atoms with Gasteiger partial charge in [0.15, 0.2) is 0 Å². The van der Waals surface area contributed by atoms with E-state index in [4.69, 9.17) is 5.41 Å². The van der Waals surface area contributed by atoms with E-state index in [-0.39, 0.29) is 0 Å². The highest BCUT2D eigenvalue weighted by Gasteiger charge is 1.98. The molecule has 0 radical (unpaired) electrons. The minimum absolute atomic E-state index is 0.470. The number of nitrogens with two attached hydrogens (primary N) is 1. The summed E-state index contributed by atoms with van der Waals surface area (Å²) in [7, 11) is 0. The summed E-state index contributed by atoms with van der Waals surface area (Å²) >= 11 is 0. The SMILES string of the molecule is CC(=O)C(=N)ON. The smallest absolute Gasteiger partial charge is 0.273 e. The maximum Gasteiger partial charge on any atom is 0.273 e. The van der Waals surface area contributed by atoms with Crippen LogP contribution >= 0.6 is 0 Å². The summed E-state index contributed by atoms with van der Waals surface area (Å²) in [6, 6.07) is 0. The molecule has 0 aliphatic heterocycles. The summed E-state index contributed by atoms with van der Waals surface area (Å²) < 4.78 is 0. The molecule has 0 rings (SSSR count). The van der Waals surface area contributed by atoms with Gasteiger partial charge in [-0.05, 0) is 0 Å². The van der Waals surface area contributed by atoms with Crippen LogP contribution in [0, 0.1) is 5.41 Å². The zero-order valence-corrected chi connectivity index (χ0v) is 3.89. The first-order valence-electron chi connectivity index (χ1n) is 1.64. The molecule has 0 heterocycles.